The molecule has 1 amide bonds. The average molecular weight is 311 g/mol. The Morgan fingerprint density at radius 2 is 1.89 bits per heavy atom. The van der Waals surface area contributed by atoms with Crippen molar-refractivity contribution in [2.24, 2.45) is 0 Å². The monoisotopic (exact) mass is 309 g/mol. The molecule has 6 heteroatoms. The first-order chi connectivity index (χ1) is 8.66. The topological polar surface area (TPSA) is 38.3 Å². The lowest BCUT2D eigenvalue weighted by molar-refractivity contribution is 0.0945. The van der Waals surface area contributed by atoms with Crippen molar-refractivity contribution in [1.29, 1.82) is 0 Å². The molecule has 0 aliphatic rings. The molecule has 0 fully saturated rings. The number of hydrogen-bond acceptors (Lipinski definition) is 2. The van der Waals surface area contributed by atoms with E-state index >= 15 is 0 Å². The Hall–Kier alpha value is -0.480. The summed E-state index contributed by atoms with van der Waals surface area (Å²) in [6.45, 7) is 1.58. The summed E-state index contributed by atoms with van der Waals surface area (Å²) in [4.78, 5) is 11.8. The zero-order valence-corrected chi connectivity index (χ0v) is 12.0. The van der Waals surface area contributed by atoms with Crippen LogP contribution in [0, 0.1) is 0 Å². The lowest BCUT2D eigenvalue weighted by Crippen LogP contribution is -2.26. The van der Waals surface area contributed by atoms with Crippen LogP contribution in [0.2, 0.25) is 10.0 Å². The molecule has 0 aromatic heterocycles. The molecular weight excluding hydrogens is 296 g/mol. The fourth-order valence-electron chi connectivity index (χ4n) is 1.34. The van der Waals surface area contributed by atoms with Crippen LogP contribution in [0.25, 0.3) is 0 Å². The second-order valence-corrected chi connectivity index (χ2v) is 4.70. The van der Waals surface area contributed by atoms with E-state index in [1.54, 1.807) is 18.2 Å². The van der Waals surface area contributed by atoms with E-state index in [0.29, 0.717) is 47.7 Å². The van der Waals surface area contributed by atoms with Gasteiger partial charge in [0.2, 0.25) is 0 Å². The first kappa shape index (κ1) is 15.6. The van der Waals surface area contributed by atoms with Crippen LogP contribution in [-0.2, 0) is 4.74 Å². The lowest BCUT2D eigenvalue weighted by Gasteiger charge is -2.08. The van der Waals surface area contributed by atoms with E-state index in [-0.39, 0.29) is 5.91 Å². The van der Waals surface area contributed by atoms with Crippen LogP contribution in [0.5, 0.6) is 0 Å². The summed E-state index contributed by atoms with van der Waals surface area (Å²) >= 11 is 17.3. The zero-order chi connectivity index (χ0) is 13.4. The van der Waals surface area contributed by atoms with E-state index < -0.39 is 0 Å². The summed E-state index contributed by atoms with van der Waals surface area (Å²) in [5.41, 5.74) is 0.308. The predicted octanol–water partition coefficient (Wildman–Crippen LogP) is 3.37. The average Bonchev–Trinajstić information content (AvgIpc) is 2.33. The van der Waals surface area contributed by atoms with Crippen molar-refractivity contribution >= 4 is 40.7 Å². The number of amides is 1. The van der Waals surface area contributed by atoms with Crippen molar-refractivity contribution in [1.82, 2.24) is 5.32 Å². The van der Waals surface area contributed by atoms with Crippen molar-refractivity contribution < 1.29 is 9.53 Å². The second-order valence-electron chi connectivity index (χ2n) is 3.51. The van der Waals surface area contributed by atoms with E-state index in [2.05, 4.69) is 5.32 Å². The van der Waals surface area contributed by atoms with E-state index in [0.717, 1.165) is 0 Å². The highest BCUT2D eigenvalue weighted by Crippen LogP contribution is 2.23. The molecule has 0 aliphatic carbocycles. The molecular formula is C12H14Cl3NO2. The minimum atomic E-state index is -0.275. The first-order valence-electron chi connectivity index (χ1n) is 5.52. The summed E-state index contributed by atoms with van der Waals surface area (Å²) in [6.07, 6.45) is 0.713. The van der Waals surface area contributed by atoms with Gasteiger partial charge < -0.3 is 10.1 Å². The minimum Gasteiger partial charge on any atom is -0.380 e. The Kier molecular flexibility index (Phi) is 7.44. The van der Waals surface area contributed by atoms with Crippen LogP contribution >= 0.6 is 34.8 Å². The standard InChI is InChI=1S/C12H14Cl3NO2/c13-5-8-18-7-2-6-16-12(17)11-9(14)3-1-4-10(11)15/h1,3-4H,2,5-8H2,(H,16,17). The van der Waals surface area contributed by atoms with Gasteiger partial charge in [-0.05, 0) is 18.6 Å². The van der Waals surface area contributed by atoms with Gasteiger partial charge in [0.05, 0.1) is 22.2 Å². The van der Waals surface area contributed by atoms with Crippen molar-refractivity contribution in [2.45, 2.75) is 6.42 Å². The highest BCUT2D eigenvalue weighted by atomic mass is 35.5. The third kappa shape index (κ3) is 5.02. The van der Waals surface area contributed by atoms with Crippen LogP contribution in [0.3, 0.4) is 0 Å². The molecule has 3 nitrogen and oxygen atoms in total. The van der Waals surface area contributed by atoms with Crippen LogP contribution < -0.4 is 5.32 Å². The van der Waals surface area contributed by atoms with E-state index in [1.807, 2.05) is 0 Å². The summed E-state index contributed by atoms with van der Waals surface area (Å²) in [5.74, 6) is 0.199. The predicted molar refractivity (Wildman–Crippen MR) is 75.0 cm³/mol. The van der Waals surface area contributed by atoms with Crippen LogP contribution in [0.15, 0.2) is 18.2 Å². The molecule has 0 aliphatic heterocycles. The van der Waals surface area contributed by atoms with Gasteiger partial charge >= 0.3 is 0 Å². The van der Waals surface area contributed by atoms with Crippen molar-refractivity contribution in [3.63, 3.8) is 0 Å². The molecule has 0 spiro atoms. The fraction of sp³-hybridized carbons (Fsp3) is 0.417. The second kappa shape index (κ2) is 8.59. The molecule has 1 aromatic rings. The first-order valence-corrected chi connectivity index (χ1v) is 6.81. The van der Waals surface area contributed by atoms with Gasteiger partial charge in [-0.15, -0.1) is 11.6 Å². The molecule has 0 atom stereocenters. The molecule has 0 bridgehead atoms. The van der Waals surface area contributed by atoms with Crippen LogP contribution in [-0.4, -0.2) is 31.5 Å². The Labute approximate surface area is 121 Å². The van der Waals surface area contributed by atoms with Crippen LogP contribution in [0.1, 0.15) is 16.8 Å². The van der Waals surface area contributed by atoms with Crippen molar-refractivity contribution in [3.05, 3.63) is 33.8 Å². The highest BCUT2D eigenvalue weighted by Gasteiger charge is 2.13. The van der Waals surface area contributed by atoms with E-state index in [4.69, 9.17) is 39.5 Å². The Balaban J connectivity index is 2.37. The van der Waals surface area contributed by atoms with Gasteiger partial charge in [-0.2, -0.15) is 0 Å². The van der Waals surface area contributed by atoms with Gasteiger partial charge in [0.25, 0.3) is 5.91 Å². The molecule has 0 unspecified atom stereocenters. The third-order valence-electron chi connectivity index (χ3n) is 2.16. The summed E-state index contributed by atoms with van der Waals surface area (Å²) in [6, 6.07) is 4.96. The van der Waals surface area contributed by atoms with Gasteiger partial charge in [-0.3, -0.25) is 4.79 Å². The molecule has 0 saturated heterocycles. The molecule has 0 radical (unpaired) electrons. The van der Waals surface area contributed by atoms with Crippen molar-refractivity contribution in [3.8, 4) is 0 Å². The maximum absolute atomic E-state index is 11.8. The third-order valence-corrected chi connectivity index (χ3v) is 2.95. The Morgan fingerprint density at radius 3 is 2.50 bits per heavy atom. The van der Waals surface area contributed by atoms with Crippen LogP contribution in [0.4, 0.5) is 0 Å². The molecule has 1 rings (SSSR count). The highest BCUT2D eigenvalue weighted by molar-refractivity contribution is 6.39. The van der Waals surface area contributed by atoms with Gasteiger partial charge in [0.15, 0.2) is 0 Å². The number of benzene rings is 1. The maximum atomic E-state index is 11.8. The van der Waals surface area contributed by atoms with Gasteiger partial charge in [0, 0.05) is 19.0 Å². The molecule has 0 heterocycles. The summed E-state index contributed by atoms with van der Waals surface area (Å²) in [7, 11) is 0. The summed E-state index contributed by atoms with van der Waals surface area (Å²) in [5, 5.41) is 3.43. The number of carbonyl (C=O) groups excluding carboxylic acids is 1. The molecule has 0 saturated carbocycles. The lowest BCUT2D eigenvalue weighted by atomic mass is 10.2. The van der Waals surface area contributed by atoms with Gasteiger partial charge in [0.1, 0.15) is 0 Å². The van der Waals surface area contributed by atoms with Gasteiger partial charge in [-0.25, -0.2) is 0 Å². The summed E-state index contributed by atoms with van der Waals surface area (Å²) < 4.78 is 5.18. The number of hydrogen-bond donors (Lipinski definition) is 1. The normalized spacial score (nSPS) is 10.4. The van der Waals surface area contributed by atoms with E-state index in [1.165, 1.54) is 0 Å². The zero-order valence-electron chi connectivity index (χ0n) is 9.72. The molecule has 1 N–H and O–H groups in total. The number of rotatable bonds is 7. The minimum absolute atomic E-state index is 0.275. The fourth-order valence-corrected chi connectivity index (χ4v) is 2.01. The molecule has 1 aromatic carbocycles. The number of ether oxygens (including phenoxy) is 1. The Bertz CT molecular complexity index is 379. The quantitative estimate of drug-likeness (QED) is 0.619. The van der Waals surface area contributed by atoms with Gasteiger partial charge in [-0.1, -0.05) is 29.3 Å². The number of halogens is 3. The SMILES string of the molecule is O=C(NCCCOCCCl)c1c(Cl)cccc1Cl. The largest absolute Gasteiger partial charge is 0.380 e. The molecule has 100 valence electrons. The van der Waals surface area contributed by atoms with E-state index in [9.17, 15) is 4.79 Å². The maximum Gasteiger partial charge on any atom is 0.254 e. The smallest absolute Gasteiger partial charge is 0.254 e. The number of carbonyl (C=O) groups is 1. The number of alkyl halides is 1. The molecule has 18 heavy (non-hydrogen) atoms. The number of nitrogens with one attached hydrogen (secondary N) is 1. The Morgan fingerprint density at radius 1 is 1.22 bits per heavy atom. The van der Waals surface area contributed by atoms with Crippen molar-refractivity contribution in [2.75, 3.05) is 25.6 Å².